The van der Waals surface area contributed by atoms with Crippen LogP contribution in [0.25, 0.3) is 0 Å². The SMILES string of the molecule is CC(OC(=O)C=O)c1ccc(S(=O)(=O)C2CC2)cc1. The zero-order chi connectivity index (χ0) is 14.0. The Kier molecular flexibility index (Phi) is 3.71. The summed E-state index contributed by atoms with van der Waals surface area (Å²) in [5.74, 6) is -0.942. The molecular formula is C13H14O5S. The number of benzene rings is 1. The molecule has 102 valence electrons. The number of hydrogen-bond acceptors (Lipinski definition) is 5. The maximum atomic E-state index is 12.0. The molecular weight excluding hydrogens is 268 g/mol. The summed E-state index contributed by atoms with van der Waals surface area (Å²) in [5.41, 5.74) is 0.643. The number of esters is 1. The first-order valence-corrected chi connectivity index (χ1v) is 7.49. The van der Waals surface area contributed by atoms with Crippen molar-refractivity contribution in [3.8, 4) is 0 Å². The van der Waals surface area contributed by atoms with Crippen molar-refractivity contribution in [2.75, 3.05) is 0 Å². The average molecular weight is 282 g/mol. The molecule has 0 spiro atoms. The molecule has 1 aliphatic carbocycles. The van der Waals surface area contributed by atoms with Crippen molar-refractivity contribution in [2.45, 2.75) is 36.0 Å². The van der Waals surface area contributed by atoms with Crippen LogP contribution in [-0.2, 0) is 24.2 Å². The van der Waals surface area contributed by atoms with Gasteiger partial charge in [-0.2, -0.15) is 0 Å². The molecule has 1 atom stereocenters. The standard InChI is InChI=1S/C13H14O5S/c1-9(18-13(15)8-14)10-2-4-11(5-3-10)19(16,17)12-6-7-12/h2-5,8-9,12H,6-7H2,1H3. The van der Waals surface area contributed by atoms with E-state index >= 15 is 0 Å². The van der Waals surface area contributed by atoms with Crippen LogP contribution < -0.4 is 0 Å². The van der Waals surface area contributed by atoms with Crippen molar-refractivity contribution >= 4 is 22.1 Å². The predicted molar refractivity (Wildman–Crippen MR) is 67.2 cm³/mol. The zero-order valence-electron chi connectivity index (χ0n) is 10.4. The van der Waals surface area contributed by atoms with Crippen LogP contribution in [0.1, 0.15) is 31.4 Å². The van der Waals surface area contributed by atoms with Crippen LogP contribution in [0.15, 0.2) is 29.2 Å². The first-order valence-electron chi connectivity index (χ1n) is 5.95. The van der Waals surface area contributed by atoms with E-state index in [2.05, 4.69) is 0 Å². The van der Waals surface area contributed by atoms with E-state index < -0.39 is 21.9 Å². The molecule has 0 heterocycles. The minimum absolute atomic E-state index is 0.0996. The lowest BCUT2D eigenvalue weighted by molar-refractivity contribution is -0.152. The molecule has 6 heteroatoms. The van der Waals surface area contributed by atoms with Gasteiger partial charge in [-0.25, -0.2) is 13.2 Å². The summed E-state index contributed by atoms with van der Waals surface area (Å²) in [5, 5.41) is -0.247. The molecule has 0 saturated heterocycles. The number of rotatable bonds is 5. The number of carbonyl (C=O) groups excluding carboxylic acids is 2. The molecule has 1 fully saturated rings. The smallest absolute Gasteiger partial charge is 0.371 e. The van der Waals surface area contributed by atoms with Gasteiger partial charge in [0.25, 0.3) is 0 Å². The van der Waals surface area contributed by atoms with Gasteiger partial charge >= 0.3 is 5.97 Å². The Morgan fingerprint density at radius 1 is 1.32 bits per heavy atom. The van der Waals surface area contributed by atoms with Crippen molar-refractivity contribution in [1.82, 2.24) is 0 Å². The monoisotopic (exact) mass is 282 g/mol. The number of sulfone groups is 1. The van der Waals surface area contributed by atoms with Crippen molar-refractivity contribution in [2.24, 2.45) is 0 Å². The fraction of sp³-hybridized carbons (Fsp3) is 0.385. The quantitative estimate of drug-likeness (QED) is 0.464. The van der Waals surface area contributed by atoms with Gasteiger partial charge in [0.2, 0.25) is 6.29 Å². The molecule has 0 aromatic heterocycles. The lowest BCUT2D eigenvalue weighted by Crippen LogP contribution is -2.10. The van der Waals surface area contributed by atoms with Gasteiger partial charge in [0.1, 0.15) is 6.10 Å². The maximum Gasteiger partial charge on any atom is 0.371 e. The predicted octanol–water partition coefficient (Wildman–Crippen LogP) is 1.43. The maximum absolute atomic E-state index is 12.0. The first kappa shape index (κ1) is 13.7. The lowest BCUT2D eigenvalue weighted by Gasteiger charge is -2.12. The largest absolute Gasteiger partial charge is 0.452 e. The lowest BCUT2D eigenvalue weighted by atomic mass is 10.1. The molecule has 1 aromatic carbocycles. The Hall–Kier alpha value is -1.69. The molecule has 2 rings (SSSR count). The van der Waals surface area contributed by atoms with Gasteiger partial charge in [-0.3, -0.25) is 4.79 Å². The second-order valence-corrected chi connectivity index (χ2v) is 6.74. The van der Waals surface area contributed by atoms with Crippen LogP contribution in [0.4, 0.5) is 0 Å². The van der Waals surface area contributed by atoms with Crippen LogP contribution in [0.2, 0.25) is 0 Å². The van der Waals surface area contributed by atoms with Crippen LogP contribution in [-0.4, -0.2) is 25.9 Å². The minimum atomic E-state index is -3.20. The van der Waals surface area contributed by atoms with Gasteiger partial charge in [0, 0.05) is 0 Å². The number of ether oxygens (including phenoxy) is 1. The molecule has 0 radical (unpaired) electrons. The van der Waals surface area contributed by atoms with Gasteiger partial charge in [0.05, 0.1) is 10.1 Å². The van der Waals surface area contributed by atoms with Gasteiger partial charge < -0.3 is 4.74 Å². The fourth-order valence-electron chi connectivity index (χ4n) is 1.77. The highest BCUT2D eigenvalue weighted by Gasteiger charge is 2.36. The summed E-state index contributed by atoms with van der Waals surface area (Å²) in [4.78, 5) is 21.3. The third kappa shape index (κ3) is 3.01. The summed E-state index contributed by atoms with van der Waals surface area (Å²) in [6.45, 7) is 1.62. The summed E-state index contributed by atoms with van der Waals surface area (Å²) in [6.07, 6.45) is 0.951. The Bertz CT molecular complexity index is 584. The van der Waals surface area contributed by atoms with E-state index in [4.69, 9.17) is 4.74 Å². The van der Waals surface area contributed by atoms with Crippen LogP contribution in [0.5, 0.6) is 0 Å². The minimum Gasteiger partial charge on any atom is -0.452 e. The molecule has 1 aliphatic rings. The van der Waals surface area contributed by atoms with Gasteiger partial charge in [-0.15, -0.1) is 0 Å². The molecule has 19 heavy (non-hydrogen) atoms. The molecule has 0 N–H and O–H groups in total. The third-order valence-corrected chi connectivity index (χ3v) is 5.31. The zero-order valence-corrected chi connectivity index (χ0v) is 11.2. The second kappa shape index (κ2) is 5.13. The van der Waals surface area contributed by atoms with Crippen molar-refractivity contribution in [3.63, 3.8) is 0 Å². The number of aldehydes is 1. The summed E-state index contributed by atoms with van der Waals surface area (Å²) in [6, 6.07) is 6.21. The molecule has 1 saturated carbocycles. The van der Waals surface area contributed by atoms with E-state index in [0.717, 1.165) is 12.8 Å². The van der Waals surface area contributed by atoms with Gasteiger partial charge in [0.15, 0.2) is 9.84 Å². The second-order valence-electron chi connectivity index (χ2n) is 4.51. The molecule has 0 bridgehead atoms. The van der Waals surface area contributed by atoms with Crippen molar-refractivity contribution < 1.29 is 22.7 Å². The number of hydrogen-bond donors (Lipinski definition) is 0. The van der Waals surface area contributed by atoms with Gasteiger partial charge in [-0.1, -0.05) is 12.1 Å². The molecule has 0 aliphatic heterocycles. The molecule has 0 amide bonds. The highest BCUT2D eigenvalue weighted by atomic mass is 32.2. The van der Waals surface area contributed by atoms with E-state index in [9.17, 15) is 18.0 Å². The molecule has 1 unspecified atom stereocenters. The van der Waals surface area contributed by atoms with Crippen LogP contribution >= 0.6 is 0 Å². The van der Waals surface area contributed by atoms with E-state index in [-0.39, 0.29) is 16.4 Å². The third-order valence-electron chi connectivity index (χ3n) is 3.03. The highest BCUT2D eigenvalue weighted by Crippen LogP contribution is 2.33. The van der Waals surface area contributed by atoms with E-state index in [0.29, 0.717) is 5.56 Å². The Morgan fingerprint density at radius 2 is 1.89 bits per heavy atom. The summed E-state index contributed by atoms with van der Waals surface area (Å²) >= 11 is 0. The van der Waals surface area contributed by atoms with E-state index in [1.165, 1.54) is 12.1 Å². The number of carbonyl (C=O) groups is 2. The normalized spacial score (nSPS) is 16.7. The topological polar surface area (TPSA) is 77.5 Å². The van der Waals surface area contributed by atoms with Gasteiger partial charge in [-0.05, 0) is 37.5 Å². The van der Waals surface area contributed by atoms with Crippen LogP contribution in [0, 0.1) is 0 Å². The van der Waals surface area contributed by atoms with E-state index in [1.54, 1.807) is 19.1 Å². The Morgan fingerprint density at radius 3 is 2.37 bits per heavy atom. The van der Waals surface area contributed by atoms with Crippen molar-refractivity contribution in [1.29, 1.82) is 0 Å². The van der Waals surface area contributed by atoms with E-state index in [1.807, 2.05) is 0 Å². The first-order chi connectivity index (χ1) is 8.95. The Labute approximate surface area is 111 Å². The fourth-order valence-corrected chi connectivity index (χ4v) is 3.43. The Balaban J connectivity index is 2.14. The highest BCUT2D eigenvalue weighted by molar-refractivity contribution is 7.92. The summed E-state index contributed by atoms with van der Waals surface area (Å²) in [7, 11) is -3.20. The molecule has 5 nitrogen and oxygen atoms in total. The van der Waals surface area contributed by atoms with Crippen LogP contribution in [0.3, 0.4) is 0 Å². The summed E-state index contributed by atoms with van der Waals surface area (Å²) < 4.78 is 28.8. The average Bonchev–Trinajstić information content (AvgIpc) is 3.23. The van der Waals surface area contributed by atoms with Crippen molar-refractivity contribution in [3.05, 3.63) is 29.8 Å². The molecule has 1 aromatic rings.